The first-order valence-corrected chi connectivity index (χ1v) is 11.4. The minimum absolute atomic E-state index is 0.0501. The Bertz CT molecular complexity index is 1020. The molecule has 0 aliphatic heterocycles. The Balaban J connectivity index is 1.50. The summed E-state index contributed by atoms with van der Waals surface area (Å²) in [4.78, 5) is 0.845. The van der Waals surface area contributed by atoms with Gasteiger partial charge < -0.3 is 4.74 Å². The molecule has 0 atom stereocenters. The van der Waals surface area contributed by atoms with Crippen LogP contribution in [0.25, 0.3) is 10.4 Å². The van der Waals surface area contributed by atoms with Gasteiger partial charge in [-0.25, -0.2) is 8.78 Å². The lowest BCUT2D eigenvalue weighted by Gasteiger charge is -2.12. The fourth-order valence-corrected chi connectivity index (χ4v) is 4.58. The van der Waals surface area contributed by atoms with Crippen molar-refractivity contribution in [3.8, 4) is 16.2 Å². The fourth-order valence-electron chi connectivity index (χ4n) is 3.48. The van der Waals surface area contributed by atoms with Crippen molar-refractivity contribution in [3.63, 3.8) is 0 Å². The van der Waals surface area contributed by atoms with Crippen molar-refractivity contribution in [1.29, 1.82) is 0 Å². The fraction of sp³-hybridized carbons (Fsp3) is 0.375. The number of benzene rings is 2. The summed E-state index contributed by atoms with van der Waals surface area (Å²) < 4.78 is 38.9. The van der Waals surface area contributed by atoms with E-state index in [9.17, 15) is 8.78 Å². The molecule has 158 valence electrons. The molecular formula is C24H24ClF2NOS. The number of hydrogen-bond acceptors (Lipinski definition) is 3. The molecule has 1 saturated carbocycles. The van der Waals surface area contributed by atoms with E-state index in [0.29, 0.717) is 28.1 Å². The summed E-state index contributed by atoms with van der Waals surface area (Å²) in [5.74, 6) is -1.73. The van der Waals surface area contributed by atoms with Crippen LogP contribution in [0.5, 0.6) is 5.75 Å². The van der Waals surface area contributed by atoms with Crippen LogP contribution < -0.4 is 4.74 Å². The first kappa shape index (κ1) is 21.3. The van der Waals surface area contributed by atoms with E-state index in [-0.39, 0.29) is 12.4 Å². The van der Waals surface area contributed by atoms with Crippen molar-refractivity contribution in [2.45, 2.75) is 52.6 Å². The van der Waals surface area contributed by atoms with Crippen molar-refractivity contribution in [2.75, 3.05) is 0 Å². The molecule has 0 spiro atoms. The van der Waals surface area contributed by atoms with Gasteiger partial charge in [-0.05, 0) is 77.9 Å². The minimum atomic E-state index is -0.681. The summed E-state index contributed by atoms with van der Waals surface area (Å²) >= 11 is 7.50. The third-order valence-electron chi connectivity index (χ3n) is 5.90. The molecule has 1 fully saturated rings. The summed E-state index contributed by atoms with van der Waals surface area (Å²) in [6, 6.07) is 10.9. The van der Waals surface area contributed by atoms with Crippen LogP contribution in [0.2, 0.25) is 5.15 Å². The Labute approximate surface area is 185 Å². The molecule has 1 aliphatic carbocycles. The van der Waals surface area contributed by atoms with Gasteiger partial charge in [0.1, 0.15) is 11.8 Å². The lowest BCUT2D eigenvalue weighted by atomic mass is 9.98. The third-order valence-corrected chi connectivity index (χ3v) is 7.26. The number of rotatable bonds is 8. The zero-order valence-electron chi connectivity index (χ0n) is 17.1. The Kier molecular flexibility index (Phi) is 6.12. The number of hydrogen-bond donors (Lipinski definition) is 0. The van der Waals surface area contributed by atoms with Crippen LogP contribution in [0.4, 0.5) is 8.78 Å². The topological polar surface area (TPSA) is 22.1 Å². The molecule has 0 N–H and O–H groups in total. The van der Waals surface area contributed by atoms with Crippen molar-refractivity contribution in [2.24, 2.45) is 5.41 Å². The predicted molar refractivity (Wildman–Crippen MR) is 118 cm³/mol. The molecule has 6 heteroatoms. The maximum absolute atomic E-state index is 14.6. The van der Waals surface area contributed by atoms with Gasteiger partial charge in [-0.15, -0.1) is 0 Å². The standard InChI is InChI=1S/C24H24ClF2NOS/c1-3-15-4-6-17(7-5-15)22-18(23(25)28-30-22)14-29-21-19(26)12-16(13-20(21)27)8-9-24(2)10-11-24/h4-7,12-13H,3,8-11,14H2,1-2H3. The van der Waals surface area contributed by atoms with E-state index in [2.05, 4.69) is 18.2 Å². The Hall–Kier alpha value is -1.98. The van der Waals surface area contributed by atoms with Crippen molar-refractivity contribution in [3.05, 3.63) is 69.9 Å². The Morgan fingerprint density at radius 1 is 1.10 bits per heavy atom. The van der Waals surface area contributed by atoms with Gasteiger partial charge in [0.2, 0.25) is 0 Å². The first-order valence-electron chi connectivity index (χ1n) is 10.2. The minimum Gasteiger partial charge on any atom is -0.483 e. The zero-order valence-corrected chi connectivity index (χ0v) is 18.7. The van der Waals surface area contributed by atoms with Crippen LogP contribution in [0.15, 0.2) is 36.4 Å². The Morgan fingerprint density at radius 2 is 1.77 bits per heavy atom. The van der Waals surface area contributed by atoms with E-state index in [1.165, 1.54) is 42.1 Å². The number of aryl methyl sites for hydroxylation is 2. The Morgan fingerprint density at radius 3 is 2.37 bits per heavy atom. The second-order valence-corrected chi connectivity index (χ2v) is 9.45. The predicted octanol–water partition coefficient (Wildman–Crippen LogP) is 7.62. The quantitative estimate of drug-likeness (QED) is 0.354. The summed E-state index contributed by atoms with van der Waals surface area (Å²) in [6.07, 6.45) is 4.95. The lowest BCUT2D eigenvalue weighted by molar-refractivity contribution is 0.274. The highest BCUT2D eigenvalue weighted by atomic mass is 35.5. The largest absolute Gasteiger partial charge is 0.483 e. The average Bonchev–Trinajstić information content (AvgIpc) is 3.36. The summed E-state index contributed by atoms with van der Waals surface area (Å²) in [5, 5.41) is 0.296. The van der Waals surface area contributed by atoms with Crippen LogP contribution in [-0.2, 0) is 19.4 Å². The molecule has 30 heavy (non-hydrogen) atoms. The van der Waals surface area contributed by atoms with Crippen LogP contribution >= 0.6 is 23.1 Å². The van der Waals surface area contributed by atoms with Crippen molar-refractivity contribution in [1.82, 2.24) is 4.37 Å². The second kappa shape index (κ2) is 8.64. The van der Waals surface area contributed by atoms with E-state index in [4.69, 9.17) is 16.3 Å². The maximum Gasteiger partial charge on any atom is 0.191 e. The number of halogens is 3. The van der Waals surface area contributed by atoms with Crippen molar-refractivity contribution >= 4 is 23.1 Å². The van der Waals surface area contributed by atoms with E-state index >= 15 is 0 Å². The molecule has 0 bridgehead atoms. The van der Waals surface area contributed by atoms with Gasteiger partial charge in [-0.2, -0.15) is 4.37 Å². The van der Waals surface area contributed by atoms with E-state index in [0.717, 1.165) is 23.3 Å². The van der Waals surface area contributed by atoms with Gasteiger partial charge in [0.05, 0.1) is 4.88 Å². The molecule has 1 aromatic heterocycles. The summed E-state index contributed by atoms with van der Waals surface area (Å²) in [7, 11) is 0. The molecule has 0 unspecified atom stereocenters. The summed E-state index contributed by atoms with van der Waals surface area (Å²) in [6.45, 7) is 4.26. The maximum atomic E-state index is 14.6. The van der Waals surface area contributed by atoms with E-state index in [1.807, 2.05) is 24.3 Å². The molecule has 3 aromatic rings. The molecule has 0 amide bonds. The first-order chi connectivity index (χ1) is 14.4. The van der Waals surface area contributed by atoms with Crippen LogP contribution in [0.1, 0.15) is 49.8 Å². The molecule has 2 aromatic carbocycles. The van der Waals surface area contributed by atoms with Crippen LogP contribution in [0.3, 0.4) is 0 Å². The van der Waals surface area contributed by atoms with Crippen LogP contribution in [0, 0.1) is 17.0 Å². The van der Waals surface area contributed by atoms with Gasteiger partial charge in [-0.1, -0.05) is 49.7 Å². The van der Waals surface area contributed by atoms with Gasteiger partial charge in [0.25, 0.3) is 0 Å². The summed E-state index contributed by atoms with van der Waals surface area (Å²) in [5.41, 5.74) is 3.83. The van der Waals surface area contributed by atoms with Crippen LogP contribution in [-0.4, -0.2) is 4.37 Å². The lowest BCUT2D eigenvalue weighted by Crippen LogP contribution is -2.03. The smallest absolute Gasteiger partial charge is 0.191 e. The normalized spacial score (nSPS) is 14.7. The molecule has 1 heterocycles. The SMILES string of the molecule is CCc1ccc(-c2snc(Cl)c2COc2c(F)cc(CCC3(C)CC3)cc2F)cc1. The van der Waals surface area contributed by atoms with Gasteiger partial charge in [0, 0.05) is 5.56 Å². The number of nitrogens with zero attached hydrogens (tertiary/aromatic N) is 1. The molecule has 0 radical (unpaired) electrons. The molecule has 4 rings (SSSR count). The van der Waals surface area contributed by atoms with Gasteiger partial charge >= 0.3 is 0 Å². The third kappa shape index (κ3) is 4.68. The van der Waals surface area contributed by atoms with E-state index in [1.54, 1.807) is 0 Å². The molecular weight excluding hydrogens is 424 g/mol. The molecule has 0 saturated heterocycles. The highest BCUT2D eigenvalue weighted by Gasteiger charge is 2.36. The highest BCUT2D eigenvalue weighted by Crippen LogP contribution is 2.48. The highest BCUT2D eigenvalue weighted by molar-refractivity contribution is 7.10. The average molecular weight is 448 g/mol. The van der Waals surface area contributed by atoms with Crippen molar-refractivity contribution < 1.29 is 13.5 Å². The second-order valence-electron chi connectivity index (χ2n) is 8.32. The van der Waals surface area contributed by atoms with E-state index < -0.39 is 11.6 Å². The molecule has 2 nitrogen and oxygen atoms in total. The molecule has 1 aliphatic rings. The zero-order chi connectivity index (χ0) is 21.3. The number of aromatic nitrogens is 1. The monoisotopic (exact) mass is 447 g/mol. The number of ether oxygens (including phenoxy) is 1. The van der Waals surface area contributed by atoms with Gasteiger partial charge in [0.15, 0.2) is 17.4 Å². The van der Waals surface area contributed by atoms with Gasteiger partial charge in [-0.3, -0.25) is 0 Å².